The molecular weight excluding hydrogens is 862 g/mol. The fourth-order valence-corrected chi connectivity index (χ4v) is 15.3. The summed E-state index contributed by atoms with van der Waals surface area (Å²) in [6.45, 7) is 7.68. The van der Waals surface area contributed by atoms with Crippen LogP contribution in [-0.4, -0.2) is 136 Å². The first-order valence-electron chi connectivity index (χ1n) is 22.3. The first kappa shape index (κ1) is 51.2. The third-order valence-electron chi connectivity index (χ3n) is 17.7. The predicted octanol–water partition coefficient (Wildman–Crippen LogP) is 2.57. The van der Waals surface area contributed by atoms with E-state index in [0.717, 1.165) is 18.1 Å². The molecule has 64 heavy (non-hydrogen) atoms. The van der Waals surface area contributed by atoms with Crippen molar-refractivity contribution in [2.75, 3.05) is 13.2 Å². The molecule has 0 saturated heterocycles. The van der Waals surface area contributed by atoms with Crippen LogP contribution in [-0.2, 0) is 37.8 Å². The van der Waals surface area contributed by atoms with E-state index in [9.17, 15) is 69.0 Å². The minimum atomic E-state index is -4.95. The number of carbonyl (C=O) groups is 5. The number of aliphatic hydroxyl groups excluding tert-OH is 4. The van der Waals surface area contributed by atoms with Gasteiger partial charge in [0, 0.05) is 41.2 Å². The van der Waals surface area contributed by atoms with Gasteiger partial charge in [-0.05, 0) is 120 Å². The number of fused-ring (bicyclic) bond motifs is 10. The Morgan fingerprint density at radius 1 is 0.703 bits per heavy atom. The van der Waals surface area contributed by atoms with Crippen molar-refractivity contribution in [2.24, 2.45) is 57.2 Å². The molecule has 0 aromatic carbocycles. The van der Waals surface area contributed by atoms with Gasteiger partial charge in [-0.2, -0.15) is 0 Å². The molecule has 0 spiro atoms. The third-order valence-corrected chi connectivity index (χ3v) is 18.1. The second-order valence-electron chi connectivity index (χ2n) is 20.4. The van der Waals surface area contributed by atoms with Gasteiger partial charge in [0.2, 0.25) is 0 Å². The Morgan fingerprint density at radius 2 is 1.11 bits per heavy atom. The average Bonchev–Trinajstić information content (AvgIpc) is 3.63. The van der Waals surface area contributed by atoms with E-state index < -0.39 is 95.3 Å². The molecule has 0 heterocycles. The summed E-state index contributed by atoms with van der Waals surface area (Å²) >= 11 is 0. The van der Waals surface area contributed by atoms with Gasteiger partial charge in [-0.15, -0.1) is 0 Å². The van der Waals surface area contributed by atoms with Crippen LogP contribution < -0.4 is 0 Å². The second kappa shape index (κ2) is 17.7. The Labute approximate surface area is 395 Å². The van der Waals surface area contributed by atoms with Crippen molar-refractivity contribution in [3.05, 3.63) is 47.0 Å². The summed E-state index contributed by atoms with van der Waals surface area (Å²) in [5.74, 6) is -3.31. The molecule has 0 aromatic heterocycles. The zero-order valence-electron chi connectivity index (χ0n) is 36.6. The van der Waals surface area contributed by atoms with Crippen molar-refractivity contribution in [1.29, 1.82) is 0 Å². The number of hydrogen-bond acceptors (Lipinski definition) is 14. The summed E-state index contributed by atoms with van der Waals surface area (Å²) in [7, 11) is -4.95. The third kappa shape index (κ3) is 7.71. The first-order valence-corrected chi connectivity index (χ1v) is 23.8. The molecule has 16 nitrogen and oxygen atoms in total. The molecule has 0 aromatic rings. The Hall–Kier alpha value is -2.18. The molecule has 0 radical (unpaired) electrons. The van der Waals surface area contributed by atoms with Crippen molar-refractivity contribution in [1.82, 2.24) is 0 Å². The number of phosphoric acid groups is 1. The molecule has 0 bridgehead atoms. The molecule has 0 amide bonds. The van der Waals surface area contributed by atoms with E-state index in [-0.39, 0.29) is 103 Å². The maximum absolute atomic E-state index is 12.5. The Balaban J connectivity index is 0.000000209. The Morgan fingerprint density at radius 3 is 1.50 bits per heavy atom. The summed E-state index contributed by atoms with van der Waals surface area (Å²) in [5.41, 5.74) is -5.56. The summed E-state index contributed by atoms with van der Waals surface area (Å²) in [4.78, 5) is 80.8. The molecule has 6 saturated carbocycles. The van der Waals surface area contributed by atoms with E-state index in [1.807, 2.05) is 20.8 Å². The molecule has 8 aliphatic rings. The normalized spacial score (nSPS) is 43.0. The molecular formula is C46H64NaO16P. The topological polar surface area (TPSA) is 283 Å². The van der Waals surface area contributed by atoms with E-state index in [0.29, 0.717) is 49.9 Å². The predicted molar refractivity (Wildman–Crippen MR) is 229 cm³/mol. The van der Waals surface area contributed by atoms with Gasteiger partial charge < -0.3 is 39.9 Å². The van der Waals surface area contributed by atoms with Crippen LogP contribution in [0.1, 0.15) is 112 Å². The molecule has 0 unspecified atom stereocenters. The van der Waals surface area contributed by atoms with Gasteiger partial charge in [0.1, 0.15) is 35.9 Å². The number of allylic oxidation sites excluding steroid dienone is 6. The van der Waals surface area contributed by atoms with Gasteiger partial charge >= 0.3 is 43.3 Å². The number of carbonyl (C=O) groups excluding carboxylic acids is 5. The fraction of sp³-hybridized carbons (Fsp3) is 0.717. The molecule has 8 rings (SSSR count). The van der Waals surface area contributed by atoms with Crippen LogP contribution in [0.15, 0.2) is 47.0 Å². The van der Waals surface area contributed by atoms with E-state index in [1.165, 1.54) is 12.2 Å². The monoisotopic (exact) mass is 926 g/mol. The summed E-state index contributed by atoms with van der Waals surface area (Å²) in [6.07, 6.45) is 8.78. The van der Waals surface area contributed by atoms with Gasteiger partial charge in [-0.1, -0.05) is 31.9 Å². The molecule has 350 valence electrons. The van der Waals surface area contributed by atoms with Crippen molar-refractivity contribution in [3.8, 4) is 0 Å². The quantitative estimate of drug-likeness (QED) is 0.0937. The van der Waals surface area contributed by atoms with Gasteiger partial charge in [-0.25, -0.2) is 4.57 Å². The summed E-state index contributed by atoms with van der Waals surface area (Å²) < 4.78 is 22.3. The maximum atomic E-state index is 12.5. The minimum absolute atomic E-state index is 0. The second-order valence-corrected chi connectivity index (χ2v) is 21.5. The number of esters is 1. The van der Waals surface area contributed by atoms with Crippen LogP contribution in [0.25, 0.3) is 0 Å². The van der Waals surface area contributed by atoms with Crippen molar-refractivity contribution >= 4 is 66.5 Å². The van der Waals surface area contributed by atoms with Crippen LogP contribution in [0.4, 0.5) is 0 Å². The Kier molecular flexibility index (Phi) is 14.2. The molecule has 0 aliphatic heterocycles. The van der Waals surface area contributed by atoms with Crippen molar-refractivity contribution in [2.45, 2.75) is 135 Å². The Bertz CT molecular complexity index is 2140. The zero-order valence-corrected chi connectivity index (χ0v) is 37.5. The number of aliphatic hydroxyl groups is 6. The van der Waals surface area contributed by atoms with E-state index in [2.05, 4.69) is 0 Å². The van der Waals surface area contributed by atoms with Crippen molar-refractivity contribution in [3.63, 3.8) is 0 Å². The van der Waals surface area contributed by atoms with Crippen LogP contribution >= 0.6 is 7.82 Å². The fourth-order valence-electron chi connectivity index (χ4n) is 14.8. The first-order chi connectivity index (χ1) is 29.3. The number of ketones is 4. The molecule has 6 fully saturated rings. The number of Topliss-reactive ketones (excluding diaryl/α,β-unsaturated/α-hetero) is 2. The van der Waals surface area contributed by atoms with Crippen LogP contribution in [0.5, 0.6) is 0 Å². The van der Waals surface area contributed by atoms with Crippen LogP contribution in [0, 0.1) is 57.2 Å². The van der Waals surface area contributed by atoms with Crippen LogP contribution in [0.2, 0.25) is 0 Å². The number of ether oxygens (including phenoxy) is 1. The number of phosphoric ester groups is 1. The van der Waals surface area contributed by atoms with Gasteiger partial charge in [-0.3, -0.25) is 33.8 Å². The van der Waals surface area contributed by atoms with Gasteiger partial charge in [0.05, 0.1) is 23.0 Å². The van der Waals surface area contributed by atoms with E-state index >= 15 is 0 Å². The molecule has 18 heteroatoms. The van der Waals surface area contributed by atoms with E-state index in [4.69, 9.17) is 9.26 Å². The molecule has 8 aliphatic carbocycles. The zero-order chi connectivity index (χ0) is 46.5. The molecule has 8 N–H and O–H groups in total. The van der Waals surface area contributed by atoms with E-state index in [1.54, 1.807) is 19.9 Å². The van der Waals surface area contributed by atoms with Gasteiger partial charge in [0.15, 0.2) is 23.1 Å². The summed E-state index contributed by atoms with van der Waals surface area (Å²) in [6, 6.07) is 0. The van der Waals surface area contributed by atoms with Crippen molar-refractivity contribution < 1.29 is 78.2 Å². The number of rotatable bonds is 9. The summed E-state index contributed by atoms with van der Waals surface area (Å²) in [5, 5.41) is 64.2. The van der Waals surface area contributed by atoms with Crippen LogP contribution in [0.3, 0.4) is 0 Å². The van der Waals surface area contributed by atoms with Gasteiger partial charge in [0.25, 0.3) is 0 Å². The SMILES string of the molecule is CCCC(=O)OC1=CC(=O)C=C2CC[C@@H]3[C@H]([C@@H](O)C[C@@]4(C)[C@H]3CC[C@]4(O)C(=O)CO)[C@]21C.C[C@@]12C(=CC(=O)C=C1OP(=O)(O)O)CC[C@@H]1[C@@H]2[C@@H](O)C[C@@]2(C)[C@H]1CC[C@]2(O)C(=O)CO.[NaH]. The standard InChI is InChI=1S/C25H34O7.C21H29O9P.Na.H/c1-4-5-21(30)32-20-11-15(27)10-14-6-7-16-17-8-9-25(31,19(29)13-26)23(17,2)12-18(28)22(16)24(14,20)3;1-19-9-15(24)18-13(14(19)5-6-21(19,26)16(25)10-22)4-3-11-7-12(23)8-17(20(11,18)2)30-31(27,28)29;;/h10-11,16-18,22,26,28,31H,4-9,12-13H2,1-3H3;7-8,13-15,18,22,24,26H,3-6,9-10H2,1-2H3,(H2,27,28,29);;/t16-,17-,18-,22+,23-,24+,25-;13-,14-,15-,18+,19-,20+,21-;;/m00../s1. The number of hydrogen-bond donors (Lipinski definition) is 8. The molecule has 14 atom stereocenters. The average molecular weight is 927 g/mol.